The molecule has 0 saturated heterocycles. The first kappa shape index (κ1) is 27.1. The van der Waals surface area contributed by atoms with Crippen LogP contribution in [0.4, 0.5) is 5.82 Å². The molecule has 1 heterocycles. The lowest BCUT2D eigenvalue weighted by molar-refractivity contribution is -0.116. The van der Waals surface area contributed by atoms with E-state index in [2.05, 4.69) is 28.2 Å². The standard InChI is InChI=1S/C30H31BrN4O3/c1-4-5-18-34(30(37)23-12-9-13-24(31)19-23)20-27(36)32-29-28(22-10-7-6-8-11-22)21(2)33-35(29)25-14-16-26(38-3)17-15-25/h6-17,19H,4-5,18,20H2,1-3H3,(H,32,36). The maximum atomic E-state index is 13.5. The highest BCUT2D eigenvalue weighted by Gasteiger charge is 2.23. The van der Waals surface area contributed by atoms with Crippen LogP contribution in [0.2, 0.25) is 0 Å². The van der Waals surface area contributed by atoms with Crippen molar-refractivity contribution in [3.05, 3.63) is 94.6 Å². The summed E-state index contributed by atoms with van der Waals surface area (Å²) >= 11 is 3.43. The monoisotopic (exact) mass is 574 g/mol. The van der Waals surface area contributed by atoms with E-state index in [1.165, 1.54) is 0 Å². The molecule has 0 spiro atoms. The molecule has 1 aromatic heterocycles. The van der Waals surface area contributed by atoms with Gasteiger partial charge in [0.2, 0.25) is 5.91 Å². The number of hydrogen-bond acceptors (Lipinski definition) is 4. The molecule has 0 aliphatic heterocycles. The molecule has 0 fully saturated rings. The average Bonchev–Trinajstić information content (AvgIpc) is 3.26. The van der Waals surface area contributed by atoms with Crippen LogP contribution in [0.25, 0.3) is 16.8 Å². The van der Waals surface area contributed by atoms with Gasteiger partial charge in [0.15, 0.2) is 0 Å². The Balaban J connectivity index is 1.67. The number of ether oxygens (including phenoxy) is 1. The van der Waals surface area contributed by atoms with Gasteiger partial charge in [-0.25, -0.2) is 4.68 Å². The molecule has 1 N–H and O–H groups in total. The predicted octanol–water partition coefficient (Wildman–Crippen LogP) is 6.50. The number of carbonyl (C=O) groups is 2. The van der Waals surface area contributed by atoms with Crippen LogP contribution < -0.4 is 10.1 Å². The summed E-state index contributed by atoms with van der Waals surface area (Å²) in [6.07, 6.45) is 1.71. The molecule has 196 valence electrons. The zero-order valence-corrected chi connectivity index (χ0v) is 23.4. The molecule has 4 rings (SSSR count). The van der Waals surface area contributed by atoms with Crippen LogP contribution in [-0.2, 0) is 4.79 Å². The van der Waals surface area contributed by atoms with E-state index in [9.17, 15) is 9.59 Å². The number of anilines is 1. The van der Waals surface area contributed by atoms with E-state index >= 15 is 0 Å². The molecule has 38 heavy (non-hydrogen) atoms. The molecule has 0 saturated carbocycles. The highest BCUT2D eigenvalue weighted by atomic mass is 79.9. The molecular weight excluding hydrogens is 544 g/mol. The van der Waals surface area contributed by atoms with Gasteiger partial charge >= 0.3 is 0 Å². The summed E-state index contributed by atoms with van der Waals surface area (Å²) in [5, 5.41) is 7.84. The zero-order valence-electron chi connectivity index (χ0n) is 21.8. The minimum Gasteiger partial charge on any atom is -0.497 e. The lowest BCUT2D eigenvalue weighted by atomic mass is 10.1. The lowest BCUT2D eigenvalue weighted by Crippen LogP contribution is -2.39. The van der Waals surface area contributed by atoms with Gasteiger partial charge in [0.05, 0.1) is 18.5 Å². The largest absolute Gasteiger partial charge is 0.497 e. The van der Waals surface area contributed by atoms with Crippen LogP contribution in [0.5, 0.6) is 5.75 Å². The third kappa shape index (κ3) is 6.31. The third-order valence-corrected chi connectivity index (χ3v) is 6.67. The molecule has 0 aliphatic carbocycles. The number of aromatic nitrogens is 2. The summed E-state index contributed by atoms with van der Waals surface area (Å²) in [6, 6.07) is 24.5. The quantitative estimate of drug-likeness (QED) is 0.234. The molecule has 3 aromatic carbocycles. The normalized spacial score (nSPS) is 10.7. The smallest absolute Gasteiger partial charge is 0.254 e. The fourth-order valence-corrected chi connectivity index (χ4v) is 4.65. The van der Waals surface area contributed by atoms with Gasteiger partial charge < -0.3 is 15.0 Å². The fourth-order valence-electron chi connectivity index (χ4n) is 4.25. The van der Waals surface area contributed by atoms with Crippen molar-refractivity contribution in [2.75, 3.05) is 25.5 Å². The molecular formula is C30H31BrN4O3. The van der Waals surface area contributed by atoms with Gasteiger partial charge in [0.1, 0.15) is 18.1 Å². The number of amides is 2. The number of methoxy groups -OCH3 is 1. The van der Waals surface area contributed by atoms with Gasteiger partial charge in [-0.2, -0.15) is 5.10 Å². The van der Waals surface area contributed by atoms with Crippen LogP contribution in [0.15, 0.2) is 83.3 Å². The Kier molecular flexibility index (Phi) is 8.97. The maximum absolute atomic E-state index is 13.5. The Labute approximate surface area is 231 Å². The van der Waals surface area contributed by atoms with E-state index in [0.29, 0.717) is 17.9 Å². The van der Waals surface area contributed by atoms with Gasteiger partial charge in [-0.1, -0.05) is 65.7 Å². The van der Waals surface area contributed by atoms with Gasteiger partial charge in [-0.15, -0.1) is 0 Å². The molecule has 0 radical (unpaired) electrons. The number of rotatable bonds is 10. The Morgan fingerprint density at radius 2 is 1.76 bits per heavy atom. The first-order valence-corrected chi connectivity index (χ1v) is 13.3. The topological polar surface area (TPSA) is 76.5 Å². The second kappa shape index (κ2) is 12.6. The summed E-state index contributed by atoms with van der Waals surface area (Å²) in [7, 11) is 1.62. The predicted molar refractivity (Wildman–Crippen MR) is 154 cm³/mol. The number of carbonyl (C=O) groups excluding carboxylic acids is 2. The van der Waals surface area contributed by atoms with Crippen molar-refractivity contribution in [2.45, 2.75) is 26.7 Å². The van der Waals surface area contributed by atoms with E-state index in [1.807, 2.05) is 73.7 Å². The molecule has 7 nitrogen and oxygen atoms in total. The van der Waals surface area contributed by atoms with Crippen LogP contribution in [0.1, 0.15) is 35.8 Å². The second-order valence-corrected chi connectivity index (χ2v) is 9.84. The Morgan fingerprint density at radius 1 is 1.03 bits per heavy atom. The minimum absolute atomic E-state index is 0.0770. The third-order valence-electron chi connectivity index (χ3n) is 6.17. The lowest BCUT2D eigenvalue weighted by Gasteiger charge is -2.22. The first-order valence-electron chi connectivity index (χ1n) is 12.6. The van der Waals surface area contributed by atoms with Crippen LogP contribution in [-0.4, -0.2) is 46.7 Å². The van der Waals surface area contributed by atoms with E-state index in [1.54, 1.807) is 28.8 Å². The fraction of sp³-hybridized carbons (Fsp3) is 0.233. The number of benzene rings is 3. The SMILES string of the molecule is CCCCN(CC(=O)Nc1c(-c2ccccc2)c(C)nn1-c1ccc(OC)cc1)C(=O)c1cccc(Br)c1. The molecule has 0 aliphatic rings. The summed E-state index contributed by atoms with van der Waals surface area (Å²) in [6.45, 7) is 4.39. The van der Waals surface area contributed by atoms with E-state index in [-0.39, 0.29) is 18.4 Å². The molecule has 4 aromatic rings. The number of hydrogen-bond donors (Lipinski definition) is 1. The highest BCUT2D eigenvalue weighted by molar-refractivity contribution is 9.10. The molecule has 8 heteroatoms. The van der Waals surface area contributed by atoms with Crippen LogP contribution in [0.3, 0.4) is 0 Å². The number of halogens is 1. The van der Waals surface area contributed by atoms with Gasteiger partial charge in [-0.05, 0) is 61.4 Å². The maximum Gasteiger partial charge on any atom is 0.254 e. The number of nitrogens with zero attached hydrogens (tertiary/aromatic N) is 3. The van der Waals surface area contributed by atoms with Gasteiger partial charge in [-0.3, -0.25) is 9.59 Å². The van der Waals surface area contributed by atoms with Gasteiger partial charge in [0.25, 0.3) is 5.91 Å². The number of unbranched alkanes of at least 4 members (excludes halogenated alkanes) is 1. The van der Waals surface area contributed by atoms with E-state index in [4.69, 9.17) is 9.84 Å². The summed E-state index contributed by atoms with van der Waals surface area (Å²) < 4.78 is 7.84. The Bertz CT molecular complexity index is 1400. The van der Waals surface area contributed by atoms with Crippen molar-refractivity contribution in [3.63, 3.8) is 0 Å². The van der Waals surface area contributed by atoms with Crippen molar-refractivity contribution < 1.29 is 14.3 Å². The summed E-state index contributed by atoms with van der Waals surface area (Å²) in [5.74, 6) is 0.799. The molecule has 0 unspecified atom stereocenters. The number of aryl methyl sites for hydroxylation is 1. The summed E-state index contributed by atoms with van der Waals surface area (Å²) in [5.41, 5.74) is 3.85. The first-order chi connectivity index (χ1) is 18.4. The number of nitrogens with one attached hydrogen (secondary N) is 1. The van der Waals surface area contributed by atoms with Crippen molar-refractivity contribution in [1.29, 1.82) is 0 Å². The summed E-state index contributed by atoms with van der Waals surface area (Å²) in [4.78, 5) is 28.4. The van der Waals surface area contributed by atoms with E-state index in [0.717, 1.165) is 45.6 Å². The second-order valence-electron chi connectivity index (χ2n) is 8.92. The van der Waals surface area contributed by atoms with E-state index < -0.39 is 0 Å². The van der Waals surface area contributed by atoms with Crippen molar-refractivity contribution in [2.24, 2.45) is 0 Å². The van der Waals surface area contributed by atoms with Crippen molar-refractivity contribution >= 4 is 33.6 Å². The minimum atomic E-state index is -0.295. The molecule has 0 atom stereocenters. The van der Waals surface area contributed by atoms with Gasteiger partial charge in [0, 0.05) is 22.1 Å². The molecule has 0 bridgehead atoms. The average molecular weight is 576 g/mol. The van der Waals surface area contributed by atoms with Crippen molar-refractivity contribution in [1.82, 2.24) is 14.7 Å². The van der Waals surface area contributed by atoms with Crippen molar-refractivity contribution in [3.8, 4) is 22.6 Å². The zero-order chi connectivity index (χ0) is 27.1. The van der Waals surface area contributed by atoms with Crippen LogP contribution >= 0.6 is 15.9 Å². The Morgan fingerprint density at radius 3 is 2.42 bits per heavy atom. The molecule has 2 amide bonds. The Hall–Kier alpha value is -3.91. The van der Waals surface area contributed by atoms with Crippen LogP contribution in [0, 0.1) is 6.92 Å². The highest BCUT2D eigenvalue weighted by Crippen LogP contribution is 2.33.